The molecule has 28 heavy (non-hydrogen) atoms. The van der Waals surface area contributed by atoms with Crippen molar-refractivity contribution in [3.63, 3.8) is 0 Å². The number of hydrogen-bond donors (Lipinski definition) is 2. The maximum absolute atomic E-state index is 12.3. The lowest BCUT2D eigenvalue weighted by Crippen LogP contribution is -2.29. The van der Waals surface area contributed by atoms with Crippen LogP contribution in [0.4, 0.5) is 10.8 Å². The summed E-state index contributed by atoms with van der Waals surface area (Å²) in [6.07, 6.45) is 1.96. The first-order chi connectivity index (χ1) is 13.7. The van der Waals surface area contributed by atoms with Gasteiger partial charge in [-0.15, -0.1) is 11.3 Å². The molecule has 144 valence electrons. The van der Waals surface area contributed by atoms with Crippen molar-refractivity contribution in [2.45, 2.75) is 32.4 Å². The first-order valence-corrected chi connectivity index (χ1v) is 10.4. The van der Waals surface area contributed by atoms with Gasteiger partial charge >= 0.3 is 0 Å². The van der Waals surface area contributed by atoms with E-state index in [2.05, 4.69) is 39.5 Å². The van der Waals surface area contributed by atoms with Gasteiger partial charge in [-0.2, -0.15) is 0 Å². The predicted octanol–water partition coefficient (Wildman–Crippen LogP) is 3.85. The molecule has 0 saturated carbocycles. The Hall–Kier alpha value is -2.70. The average Bonchev–Trinajstić information content (AvgIpc) is 3.09. The summed E-state index contributed by atoms with van der Waals surface area (Å²) >= 11 is 1.59. The Bertz CT molecular complexity index is 954. The summed E-state index contributed by atoms with van der Waals surface area (Å²) in [5.41, 5.74) is 10.1. The van der Waals surface area contributed by atoms with Gasteiger partial charge in [0.2, 0.25) is 5.91 Å². The number of nitrogens with two attached hydrogens (primary N) is 1. The molecule has 0 fully saturated rings. The zero-order valence-corrected chi connectivity index (χ0v) is 16.5. The number of fused-ring (bicyclic) bond motifs is 1. The number of aromatic nitrogens is 1. The summed E-state index contributed by atoms with van der Waals surface area (Å²) < 4.78 is 0. The lowest BCUT2D eigenvalue weighted by molar-refractivity contribution is -0.116. The number of rotatable bonds is 6. The van der Waals surface area contributed by atoms with Gasteiger partial charge in [0.15, 0.2) is 5.13 Å². The van der Waals surface area contributed by atoms with Crippen LogP contribution in [0.1, 0.15) is 28.1 Å². The van der Waals surface area contributed by atoms with Crippen LogP contribution >= 0.6 is 11.3 Å². The van der Waals surface area contributed by atoms with Crippen LogP contribution in [0.3, 0.4) is 0 Å². The Morgan fingerprint density at radius 3 is 2.75 bits per heavy atom. The minimum atomic E-state index is -0.0181. The van der Waals surface area contributed by atoms with Crippen molar-refractivity contribution in [2.75, 3.05) is 17.6 Å². The zero-order chi connectivity index (χ0) is 19.3. The normalized spacial score (nSPS) is 13.9. The SMILES string of the molecule is Nc1ccccc1CCC(=O)Nc1nc2c(s1)CN(Cc1ccccc1)CC2. The van der Waals surface area contributed by atoms with Crippen LogP contribution in [-0.4, -0.2) is 22.3 Å². The van der Waals surface area contributed by atoms with Crippen LogP contribution in [0.5, 0.6) is 0 Å². The topological polar surface area (TPSA) is 71.2 Å². The number of nitrogens with one attached hydrogen (secondary N) is 1. The number of carbonyl (C=O) groups is 1. The highest BCUT2D eigenvalue weighted by atomic mass is 32.1. The molecule has 1 aliphatic heterocycles. The molecule has 2 aromatic carbocycles. The highest BCUT2D eigenvalue weighted by molar-refractivity contribution is 7.15. The van der Waals surface area contributed by atoms with Crippen molar-refractivity contribution in [3.05, 3.63) is 76.3 Å². The molecule has 1 aromatic heterocycles. The fourth-order valence-electron chi connectivity index (χ4n) is 3.47. The molecule has 0 aliphatic carbocycles. The second kappa shape index (κ2) is 8.54. The number of carbonyl (C=O) groups excluding carboxylic acids is 1. The highest BCUT2D eigenvalue weighted by Crippen LogP contribution is 2.29. The van der Waals surface area contributed by atoms with Gasteiger partial charge in [-0.05, 0) is 23.6 Å². The molecule has 0 bridgehead atoms. The maximum atomic E-state index is 12.3. The van der Waals surface area contributed by atoms with E-state index in [-0.39, 0.29) is 5.91 Å². The molecular weight excluding hydrogens is 368 g/mol. The van der Waals surface area contributed by atoms with Crippen LogP contribution in [0.15, 0.2) is 54.6 Å². The van der Waals surface area contributed by atoms with E-state index < -0.39 is 0 Å². The Labute approximate surface area is 169 Å². The lowest BCUT2D eigenvalue weighted by atomic mass is 10.1. The summed E-state index contributed by atoms with van der Waals surface area (Å²) in [5.74, 6) is -0.0181. The first kappa shape index (κ1) is 18.7. The zero-order valence-electron chi connectivity index (χ0n) is 15.7. The van der Waals surface area contributed by atoms with Gasteiger partial charge in [0, 0.05) is 43.0 Å². The minimum absolute atomic E-state index is 0.0181. The van der Waals surface area contributed by atoms with Gasteiger partial charge in [0.05, 0.1) is 5.69 Å². The van der Waals surface area contributed by atoms with Gasteiger partial charge in [-0.25, -0.2) is 4.98 Å². The summed E-state index contributed by atoms with van der Waals surface area (Å²) in [6, 6.07) is 18.2. The lowest BCUT2D eigenvalue weighted by Gasteiger charge is -2.25. The van der Waals surface area contributed by atoms with Crippen molar-refractivity contribution >= 4 is 28.1 Å². The van der Waals surface area contributed by atoms with Crippen molar-refractivity contribution < 1.29 is 4.79 Å². The van der Waals surface area contributed by atoms with Crippen molar-refractivity contribution in [1.29, 1.82) is 0 Å². The Morgan fingerprint density at radius 2 is 1.93 bits per heavy atom. The quantitative estimate of drug-likeness (QED) is 0.625. The van der Waals surface area contributed by atoms with E-state index in [1.807, 2.05) is 30.3 Å². The number of para-hydroxylation sites is 1. The third-order valence-electron chi connectivity index (χ3n) is 4.98. The summed E-state index contributed by atoms with van der Waals surface area (Å²) in [4.78, 5) is 20.6. The average molecular weight is 393 g/mol. The van der Waals surface area contributed by atoms with Crippen molar-refractivity contribution in [2.24, 2.45) is 0 Å². The second-order valence-electron chi connectivity index (χ2n) is 7.08. The smallest absolute Gasteiger partial charge is 0.226 e. The molecule has 3 N–H and O–H groups in total. The molecule has 1 aliphatic rings. The summed E-state index contributed by atoms with van der Waals surface area (Å²) in [5, 5.41) is 3.67. The maximum Gasteiger partial charge on any atom is 0.226 e. The number of aryl methyl sites for hydroxylation is 1. The Morgan fingerprint density at radius 1 is 1.14 bits per heavy atom. The van der Waals surface area contributed by atoms with E-state index in [4.69, 9.17) is 5.73 Å². The standard InChI is InChI=1S/C22H24N4OS/c23-18-9-5-4-8-17(18)10-11-21(27)25-22-24-19-12-13-26(15-20(19)28-22)14-16-6-2-1-3-7-16/h1-9H,10-15,23H2,(H,24,25,27). The summed E-state index contributed by atoms with van der Waals surface area (Å²) in [7, 11) is 0. The largest absolute Gasteiger partial charge is 0.399 e. The van der Waals surface area contributed by atoms with Gasteiger partial charge in [0.1, 0.15) is 0 Å². The predicted molar refractivity (Wildman–Crippen MR) is 114 cm³/mol. The van der Waals surface area contributed by atoms with Crippen molar-refractivity contribution in [3.8, 4) is 0 Å². The number of thiazole rings is 1. The van der Waals surface area contributed by atoms with Gasteiger partial charge in [0.25, 0.3) is 0 Å². The fourth-order valence-corrected chi connectivity index (χ4v) is 4.54. The van der Waals surface area contributed by atoms with Gasteiger partial charge < -0.3 is 11.1 Å². The van der Waals surface area contributed by atoms with Crippen LogP contribution in [0.2, 0.25) is 0 Å². The third-order valence-corrected chi connectivity index (χ3v) is 5.98. The molecule has 0 atom stereocenters. The molecule has 3 aromatic rings. The molecule has 6 heteroatoms. The molecule has 0 saturated heterocycles. The number of benzene rings is 2. The van der Waals surface area contributed by atoms with E-state index in [0.717, 1.165) is 43.0 Å². The van der Waals surface area contributed by atoms with E-state index in [0.29, 0.717) is 18.0 Å². The van der Waals surface area contributed by atoms with Gasteiger partial charge in [-0.1, -0.05) is 48.5 Å². The molecular formula is C22H24N4OS. The van der Waals surface area contributed by atoms with E-state index in [1.165, 1.54) is 10.4 Å². The number of amides is 1. The number of nitrogen functional groups attached to an aromatic ring is 1. The van der Waals surface area contributed by atoms with Gasteiger partial charge in [-0.3, -0.25) is 9.69 Å². The molecule has 4 rings (SSSR count). The fraction of sp³-hybridized carbons (Fsp3) is 0.273. The molecule has 1 amide bonds. The minimum Gasteiger partial charge on any atom is -0.399 e. The molecule has 0 spiro atoms. The number of hydrogen-bond acceptors (Lipinski definition) is 5. The second-order valence-corrected chi connectivity index (χ2v) is 8.17. The van der Waals surface area contributed by atoms with Crippen LogP contribution in [0, 0.1) is 0 Å². The van der Waals surface area contributed by atoms with E-state index in [9.17, 15) is 4.79 Å². The molecule has 0 radical (unpaired) electrons. The third kappa shape index (κ3) is 4.58. The molecule has 2 heterocycles. The van der Waals surface area contributed by atoms with Crippen LogP contribution < -0.4 is 11.1 Å². The van der Waals surface area contributed by atoms with Crippen LogP contribution in [-0.2, 0) is 30.7 Å². The Kier molecular flexibility index (Phi) is 5.69. The van der Waals surface area contributed by atoms with E-state index in [1.54, 1.807) is 11.3 Å². The molecule has 0 unspecified atom stereocenters. The number of nitrogens with zero attached hydrogens (tertiary/aromatic N) is 2. The number of anilines is 2. The highest BCUT2D eigenvalue weighted by Gasteiger charge is 2.21. The monoisotopic (exact) mass is 392 g/mol. The Balaban J connectivity index is 1.32. The van der Waals surface area contributed by atoms with Crippen molar-refractivity contribution in [1.82, 2.24) is 9.88 Å². The summed E-state index contributed by atoms with van der Waals surface area (Å²) in [6.45, 7) is 2.82. The molecule has 5 nitrogen and oxygen atoms in total. The van der Waals surface area contributed by atoms with Crippen LogP contribution in [0.25, 0.3) is 0 Å². The first-order valence-electron chi connectivity index (χ1n) is 9.55. The van der Waals surface area contributed by atoms with E-state index >= 15 is 0 Å².